The Kier molecular flexibility index (Phi) is 3.18. The Balaban J connectivity index is 2.35. The van der Waals surface area contributed by atoms with Gasteiger partial charge in [0.1, 0.15) is 0 Å². The summed E-state index contributed by atoms with van der Waals surface area (Å²) in [6.45, 7) is 4.35. The quantitative estimate of drug-likeness (QED) is 0.555. The van der Waals surface area contributed by atoms with E-state index in [1.807, 2.05) is 19.1 Å². The number of hydrogen-bond acceptors (Lipinski definition) is 3. The first-order valence-corrected chi connectivity index (χ1v) is 6.20. The lowest BCUT2D eigenvalue weighted by Gasteiger charge is -2.42. The van der Waals surface area contributed by atoms with Gasteiger partial charge in [0, 0.05) is 11.6 Å². The molecule has 2 atom stereocenters. The molecule has 2 rings (SSSR count). The van der Waals surface area contributed by atoms with Gasteiger partial charge in [0.05, 0.1) is 6.61 Å². The number of carbonyl (C=O) groups is 1. The van der Waals surface area contributed by atoms with E-state index in [9.17, 15) is 4.79 Å². The van der Waals surface area contributed by atoms with Gasteiger partial charge in [-0.15, -0.1) is 0 Å². The van der Waals surface area contributed by atoms with Crippen LogP contribution in [-0.4, -0.2) is 24.3 Å². The maximum atomic E-state index is 12.3. The molecule has 17 heavy (non-hydrogen) atoms. The van der Waals surface area contributed by atoms with E-state index in [0.717, 1.165) is 19.3 Å². The minimum Gasteiger partial charge on any atom is -0.464 e. The van der Waals surface area contributed by atoms with Crippen LogP contribution in [0.5, 0.6) is 0 Å². The van der Waals surface area contributed by atoms with Crippen molar-refractivity contribution in [3.05, 3.63) is 24.3 Å². The highest BCUT2D eigenvalue weighted by atomic mass is 16.5. The summed E-state index contributed by atoms with van der Waals surface area (Å²) in [6, 6.07) is 0. The van der Waals surface area contributed by atoms with Crippen LogP contribution in [0.4, 0.5) is 0 Å². The molecule has 2 unspecified atom stereocenters. The normalized spacial score (nSPS) is 35.2. The number of allylic oxidation sites excluding steroid dienone is 3. The average molecular weight is 233 g/mol. The first kappa shape index (κ1) is 12.1. The van der Waals surface area contributed by atoms with Crippen molar-refractivity contribution >= 4 is 12.2 Å². The van der Waals surface area contributed by atoms with E-state index in [1.165, 1.54) is 0 Å². The summed E-state index contributed by atoms with van der Waals surface area (Å²) >= 11 is 0. The van der Waals surface area contributed by atoms with Crippen LogP contribution in [0.25, 0.3) is 0 Å². The molecule has 0 aromatic heterocycles. The summed E-state index contributed by atoms with van der Waals surface area (Å²) < 4.78 is 5.22. The Morgan fingerprint density at radius 3 is 2.82 bits per heavy atom. The number of esters is 1. The van der Waals surface area contributed by atoms with Crippen molar-refractivity contribution in [1.82, 2.24) is 0 Å². The van der Waals surface area contributed by atoms with E-state index < -0.39 is 5.54 Å². The summed E-state index contributed by atoms with van der Waals surface area (Å²) in [7, 11) is 0. The first-order valence-electron chi connectivity index (χ1n) is 6.20. The van der Waals surface area contributed by atoms with Gasteiger partial charge in [0.25, 0.3) is 0 Å². The molecule has 1 heterocycles. The number of aliphatic imine (C=N–C) groups is 1. The van der Waals surface area contributed by atoms with Crippen molar-refractivity contribution in [2.24, 2.45) is 10.4 Å². The molecule has 0 aromatic carbocycles. The van der Waals surface area contributed by atoms with Crippen molar-refractivity contribution in [1.29, 1.82) is 0 Å². The second-order valence-corrected chi connectivity index (χ2v) is 4.90. The molecule has 0 N–H and O–H groups in total. The highest BCUT2D eigenvalue weighted by molar-refractivity contribution is 5.92. The van der Waals surface area contributed by atoms with Crippen LogP contribution in [0, 0.1) is 5.41 Å². The van der Waals surface area contributed by atoms with Crippen LogP contribution in [0.1, 0.15) is 33.1 Å². The Morgan fingerprint density at radius 2 is 2.29 bits per heavy atom. The van der Waals surface area contributed by atoms with Crippen LogP contribution < -0.4 is 0 Å². The summed E-state index contributed by atoms with van der Waals surface area (Å²) in [5, 5.41) is 0. The zero-order chi connectivity index (χ0) is 12.4. The first-order chi connectivity index (χ1) is 8.15. The van der Waals surface area contributed by atoms with Crippen LogP contribution in [-0.2, 0) is 9.53 Å². The summed E-state index contributed by atoms with van der Waals surface area (Å²) in [4.78, 5) is 16.7. The molecule has 0 saturated heterocycles. The maximum absolute atomic E-state index is 12.3. The molecule has 0 bridgehead atoms. The summed E-state index contributed by atoms with van der Waals surface area (Å²) in [5.74, 6) is -0.220. The van der Waals surface area contributed by atoms with Crippen LogP contribution in [0.3, 0.4) is 0 Å². The maximum Gasteiger partial charge on any atom is 0.338 e. The third kappa shape index (κ3) is 1.84. The molecular weight excluding hydrogens is 214 g/mol. The highest BCUT2D eigenvalue weighted by Gasteiger charge is 2.53. The monoisotopic (exact) mass is 233 g/mol. The lowest BCUT2D eigenvalue weighted by atomic mass is 9.64. The summed E-state index contributed by atoms with van der Waals surface area (Å²) in [6.07, 6.45) is 12.6. The number of carbonyl (C=O) groups excluding carboxylic acids is 1. The molecule has 3 heteroatoms. The van der Waals surface area contributed by atoms with E-state index in [4.69, 9.17) is 4.74 Å². The zero-order valence-electron chi connectivity index (χ0n) is 10.5. The third-order valence-electron chi connectivity index (χ3n) is 3.81. The van der Waals surface area contributed by atoms with Crippen molar-refractivity contribution in [3.8, 4) is 0 Å². The molecule has 3 nitrogen and oxygen atoms in total. The van der Waals surface area contributed by atoms with E-state index in [2.05, 4.69) is 24.1 Å². The van der Waals surface area contributed by atoms with E-state index in [1.54, 1.807) is 6.21 Å². The smallest absolute Gasteiger partial charge is 0.338 e. The molecule has 0 saturated carbocycles. The highest BCUT2D eigenvalue weighted by Crippen LogP contribution is 2.47. The van der Waals surface area contributed by atoms with Gasteiger partial charge in [0.15, 0.2) is 5.54 Å². The van der Waals surface area contributed by atoms with E-state index in [-0.39, 0.29) is 11.4 Å². The van der Waals surface area contributed by atoms with Crippen molar-refractivity contribution < 1.29 is 9.53 Å². The van der Waals surface area contributed by atoms with Gasteiger partial charge < -0.3 is 4.74 Å². The largest absolute Gasteiger partial charge is 0.464 e. The van der Waals surface area contributed by atoms with E-state index in [0.29, 0.717) is 6.61 Å². The molecule has 0 aromatic rings. The van der Waals surface area contributed by atoms with Gasteiger partial charge in [-0.2, -0.15) is 0 Å². The topological polar surface area (TPSA) is 38.7 Å². The van der Waals surface area contributed by atoms with Crippen LogP contribution >= 0.6 is 0 Å². The Bertz CT molecular complexity index is 383. The molecule has 1 aliphatic heterocycles. The van der Waals surface area contributed by atoms with Crippen molar-refractivity contribution in [2.45, 2.75) is 38.6 Å². The predicted octanol–water partition coefficient (Wildman–Crippen LogP) is 2.68. The van der Waals surface area contributed by atoms with Gasteiger partial charge >= 0.3 is 5.97 Å². The minimum atomic E-state index is -0.812. The Hall–Kier alpha value is -1.38. The second kappa shape index (κ2) is 4.47. The molecule has 0 amide bonds. The minimum absolute atomic E-state index is 0.169. The van der Waals surface area contributed by atoms with Crippen molar-refractivity contribution in [3.63, 3.8) is 0 Å². The van der Waals surface area contributed by atoms with Crippen molar-refractivity contribution in [2.75, 3.05) is 6.61 Å². The number of rotatable bonds is 3. The number of nitrogens with zero attached hydrogens (tertiary/aromatic N) is 1. The van der Waals surface area contributed by atoms with Gasteiger partial charge in [-0.3, -0.25) is 4.99 Å². The van der Waals surface area contributed by atoms with Crippen LogP contribution in [0.2, 0.25) is 0 Å². The predicted molar refractivity (Wildman–Crippen MR) is 68.1 cm³/mol. The SMILES string of the molecule is CCOC(=O)C1(C2(C)CC=CCC2)C=CC=N1. The molecule has 0 spiro atoms. The number of hydrogen-bond donors (Lipinski definition) is 0. The third-order valence-corrected chi connectivity index (χ3v) is 3.81. The fourth-order valence-corrected chi connectivity index (χ4v) is 2.66. The van der Waals surface area contributed by atoms with Gasteiger partial charge in [0.2, 0.25) is 0 Å². The average Bonchev–Trinajstić information content (AvgIpc) is 2.81. The van der Waals surface area contributed by atoms with E-state index >= 15 is 0 Å². The fraction of sp³-hybridized carbons (Fsp3) is 0.571. The summed E-state index contributed by atoms with van der Waals surface area (Å²) in [5.41, 5.74) is -0.981. The zero-order valence-corrected chi connectivity index (χ0v) is 10.5. The lowest BCUT2D eigenvalue weighted by Crippen LogP contribution is -2.50. The molecule has 0 fully saturated rings. The second-order valence-electron chi connectivity index (χ2n) is 4.90. The lowest BCUT2D eigenvalue weighted by molar-refractivity contribution is -0.152. The fourth-order valence-electron chi connectivity index (χ4n) is 2.66. The standard InChI is InChI=1S/C14H19NO2/c1-3-17-12(16)14(10-7-11-15-14)13(2)8-5-4-6-9-13/h4-5,7,10-11H,3,6,8-9H2,1-2H3. The molecule has 2 aliphatic rings. The molecule has 92 valence electrons. The Labute approximate surface area is 102 Å². The molecule has 0 radical (unpaired) electrons. The molecule has 1 aliphatic carbocycles. The number of ether oxygens (including phenoxy) is 1. The molecular formula is C14H19NO2. The van der Waals surface area contributed by atoms with Gasteiger partial charge in [-0.1, -0.05) is 19.1 Å². The van der Waals surface area contributed by atoms with Crippen LogP contribution in [0.15, 0.2) is 29.3 Å². The van der Waals surface area contributed by atoms with Gasteiger partial charge in [-0.05, 0) is 38.3 Å². The van der Waals surface area contributed by atoms with Gasteiger partial charge in [-0.25, -0.2) is 4.79 Å². The Morgan fingerprint density at radius 1 is 1.47 bits per heavy atom.